The molecular formula is C29H40F3N7O4Si. The highest BCUT2D eigenvalue weighted by Gasteiger charge is 2.41. The van der Waals surface area contributed by atoms with Crippen LogP contribution in [0.1, 0.15) is 30.4 Å². The summed E-state index contributed by atoms with van der Waals surface area (Å²) in [6.45, 7) is 9.14. The van der Waals surface area contributed by atoms with Gasteiger partial charge in [0.2, 0.25) is 5.91 Å². The fourth-order valence-corrected chi connectivity index (χ4v) is 6.09. The van der Waals surface area contributed by atoms with Crippen LogP contribution in [0.2, 0.25) is 25.7 Å². The zero-order valence-corrected chi connectivity index (χ0v) is 26.5. The number of amides is 1. The average Bonchev–Trinajstić information content (AvgIpc) is 3.45. The van der Waals surface area contributed by atoms with E-state index in [4.69, 9.17) is 14.7 Å². The van der Waals surface area contributed by atoms with E-state index < -0.39 is 25.4 Å². The Hall–Kier alpha value is -3.48. The van der Waals surface area contributed by atoms with E-state index in [0.29, 0.717) is 64.2 Å². The number of pyridine rings is 1. The Kier molecular flexibility index (Phi) is 11.0. The lowest BCUT2D eigenvalue weighted by Gasteiger charge is -2.35. The second-order valence-electron chi connectivity index (χ2n) is 12.3. The molecule has 0 aliphatic carbocycles. The van der Waals surface area contributed by atoms with Crippen molar-refractivity contribution in [3.05, 3.63) is 46.0 Å². The van der Waals surface area contributed by atoms with Gasteiger partial charge in [-0.3, -0.25) is 9.59 Å². The molecule has 2 aromatic rings. The molecule has 11 nitrogen and oxygen atoms in total. The number of aromatic nitrogens is 3. The third-order valence-electron chi connectivity index (χ3n) is 7.86. The van der Waals surface area contributed by atoms with Gasteiger partial charge in [0.15, 0.2) is 0 Å². The van der Waals surface area contributed by atoms with E-state index >= 15 is 0 Å². The number of carbonyl (C=O) groups is 1. The van der Waals surface area contributed by atoms with Crippen LogP contribution in [0.4, 0.5) is 24.7 Å². The molecule has 44 heavy (non-hydrogen) atoms. The largest absolute Gasteiger partial charge is 0.423 e. The SMILES string of the molecule is C[Si](C)(C)CCOCn1ncc(N2CCCC2CCOCC(=O)N2CCN(c3ccc(C#N)cn3)CC2)c(C(F)(F)F)c1=O. The summed E-state index contributed by atoms with van der Waals surface area (Å²) in [5, 5.41) is 13.0. The number of hydrogen-bond donors (Lipinski definition) is 0. The van der Waals surface area contributed by atoms with Crippen LogP contribution in [0.3, 0.4) is 0 Å². The van der Waals surface area contributed by atoms with Crippen LogP contribution in [0.5, 0.6) is 0 Å². The third kappa shape index (κ3) is 8.79. The standard InChI is InChI=1S/C29H40F3N7O4Si/c1-44(2,3)16-15-43-21-39-28(41)27(29(30,31)32)24(19-35-39)38-9-4-5-23(38)8-14-42-20-26(40)37-12-10-36(11-13-37)25-7-6-22(17-33)18-34-25/h6-7,18-19,23H,4-5,8-16,20-21H2,1-3H3. The molecule has 2 fully saturated rings. The Morgan fingerprint density at radius 3 is 2.48 bits per heavy atom. The molecule has 1 atom stereocenters. The van der Waals surface area contributed by atoms with Gasteiger partial charge in [-0.15, -0.1) is 0 Å². The molecule has 15 heteroatoms. The van der Waals surface area contributed by atoms with Crippen LogP contribution in [0.15, 0.2) is 29.3 Å². The molecule has 1 unspecified atom stereocenters. The van der Waals surface area contributed by atoms with Crippen LogP contribution in [0, 0.1) is 11.3 Å². The summed E-state index contributed by atoms with van der Waals surface area (Å²) in [6.07, 6.45) is -0.504. The lowest BCUT2D eigenvalue weighted by atomic mass is 10.1. The second kappa shape index (κ2) is 14.5. The van der Waals surface area contributed by atoms with E-state index in [-0.39, 0.29) is 37.6 Å². The summed E-state index contributed by atoms with van der Waals surface area (Å²) in [7, 11) is -1.39. The average molecular weight is 636 g/mol. The molecule has 0 bridgehead atoms. The molecule has 4 rings (SSSR count). The molecule has 1 amide bonds. The maximum Gasteiger partial charge on any atom is 0.423 e. The summed E-state index contributed by atoms with van der Waals surface area (Å²) >= 11 is 0. The molecule has 0 N–H and O–H groups in total. The Labute approximate surface area is 256 Å². The number of rotatable bonds is 12. The number of anilines is 2. The van der Waals surface area contributed by atoms with E-state index in [1.165, 1.54) is 6.20 Å². The number of nitriles is 1. The first-order valence-corrected chi connectivity index (χ1v) is 18.6. The molecule has 0 spiro atoms. The van der Waals surface area contributed by atoms with Crippen LogP contribution in [-0.4, -0.2) is 92.2 Å². The summed E-state index contributed by atoms with van der Waals surface area (Å²) in [6, 6.07) is 6.08. The van der Waals surface area contributed by atoms with Gasteiger partial charge in [0.25, 0.3) is 5.56 Å². The maximum absolute atomic E-state index is 14.2. The molecule has 240 valence electrons. The van der Waals surface area contributed by atoms with Crippen LogP contribution in [-0.2, 0) is 27.2 Å². The van der Waals surface area contributed by atoms with Gasteiger partial charge in [-0.05, 0) is 37.4 Å². The van der Waals surface area contributed by atoms with Crippen LogP contribution in [0.25, 0.3) is 0 Å². The first-order valence-electron chi connectivity index (χ1n) is 14.9. The van der Waals surface area contributed by atoms with Gasteiger partial charge >= 0.3 is 6.18 Å². The normalized spacial score (nSPS) is 17.7. The predicted molar refractivity (Wildman–Crippen MR) is 161 cm³/mol. The number of ether oxygens (including phenoxy) is 2. The van der Waals surface area contributed by atoms with Crippen molar-refractivity contribution < 1.29 is 27.4 Å². The number of carbonyl (C=O) groups excluding carboxylic acids is 1. The van der Waals surface area contributed by atoms with Gasteiger partial charge in [-0.1, -0.05) is 19.6 Å². The zero-order valence-electron chi connectivity index (χ0n) is 25.5. The lowest BCUT2D eigenvalue weighted by molar-refractivity contribution is -0.139. The van der Waals surface area contributed by atoms with Gasteiger partial charge in [0.1, 0.15) is 30.8 Å². The summed E-state index contributed by atoms with van der Waals surface area (Å²) < 4.78 is 54.3. The molecule has 0 aromatic carbocycles. The number of nitrogens with zero attached hydrogens (tertiary/aromatic N) is 7. The smallest absolute Gasteiger partial charge is 0.372 e. The zero-order chi connectivity index (χ0) is 31.9. The molecule has 2 aliphatic heterocycles. The highest BCUT2D eigenvalue weighted by Crippen LogP contribution is 2.37. The highest BCUT2D eigenvalue weighted by atomic mass is 28.3. The van der Waals surface area contributed by atoms with E-state index in [1.807, 2.05) is 11.0 Å². The fourth-order valence-electron chi connectivity index (χ4n) is 5.33. The molecule has 0 saturated carbocycles. The maximum atomic E-state index is 14.2. The van der Waals surface area contributed by atoms with Gasteiger partial charge in [0.05, 0.1) is 17.4 Å². The van der Waals surface area contributed by atoms with Crippen molar-refractivity contribution in [2.24, 2.45) is 0 Å². The van der Waals surface area contributed by atoms with Crippen molar-refractivity contribution in [3.8, 4) is 6.07 Å². The molecule has 0 radical (unpaired) electrons. The van der Waals surface area contributed by atoms with E-state index in [2.05, 4.69) is 29.7 Å². The molecule has 2 saturated heterocycles. The number of halogens is 3. The third-order valence-corrected chi connectivity index (χ3v) is 9.56. The molecular weight excluding hydrogens is 595 g/mol. The van der Waals surface area contributed by atoms with Crippen LogP contribution < -0.4 is 15.4 Å². The van der Waals surface area contributed by atoms with Crippen molar-refractivity contribution in [2.75, 3.05) is 62.3 Å². The Morgan fingerprint density at radius 1 is 1.09 bits per heavy atom. The first-order chi connectivity index (χ1) is 20.9. The van der Waals surface area contributed by atoms with Crippen molar-refractivity contribution in [3.63, 3.8) is 0 Å². The number of piperazine rings is 1. The molecule has 4 heterocycles. The predicted octanol–water partition coefficient (Wildman–Crippen LogP) is 3.57. The first kappa shape index (κ1) is 33.4. The van der Waals surface area contributed by atoms with Gasteiger partial charge in [-0.25, -0.2) is 9.67 Å². The topological polar surface area (TPSA) is 117 Å². The van der Waals surface area contributed by atoms with Crippen molar-refractivity contribution in [1.82, 2.24) is 19.7 Å². The molecule has 2 aromatic heterocycles. The minimum atomic E-state index is -4.86. The van der Waals surface area contributed by atoms with Gasteiger partial charge in [0, 0.05) is 66.3 Å². The van der Waals surface area contributed by atoms with E-state index in [1.54, 1.807) is 21.9 Å². The quantitative estimate of drug-likeness (QED) is 0.255. The minimum absolute atomic E-state index is 0.120. The van der Waals surface area contributed by atoms with Crippen molar-refractivity contribution in [1.29, 1.82) is 5.26 Å². The number of alkyl halides is 3. The number of hydrogen-bond acceptors (Lipinski definition) is 9. The van der Waals surface area contributed by atoms with Crippen LogP contribution >= 0.6 is 0 Å². The highest BCUT2D eigenvalue weighted by molar-refractivity contribution is 6.76. The lowest BCUT2D eigenvalue weighted by Crippen LogP contribution is -2.50. The fraction of sp³-hybridized carbons (Fsp3) is 0.621. The Bertz CT molecular complexity index is 1370. The van der Waals surface area contributed by atoms with Gasteiger partial charge < -0.3 is 24.2 Å². The summed E-state index contributed by atoms with van der Waals surface area (Å²) in [4.78, 5) is 35.3. The van der Waals surface area contributed by atoms with Gasteiger partial charge in [-0.2, -0.15) is 23.5 Å². The monoisotopic (exact) mass is 635 g/mol. The van der Waals surface area contributed by atoms with E-state index in [9.17, 15) is 22.8 Å². The Balaban J connectivity index is 1.28. The summed E-state index contributed by atoms with van der Waals surface area (Å²) in [5.41, 5.74) is -2.20. The summed E-state index contributed by atoms with van der Waals surface area (Å²) in [5.74, 6) is 0.598. The Morgan fingerprint density at radius 2 is 1.84 bits per heavy atom. The second-order valence-corrected chi connectivity index (χ2v) is 17.9. The molecule has 2 aliphatic rings. The van der Waals surface area contributed by atoms with Crippen molar-refractivity contribution in [2.45, 2.75) is 63.9 Å². The van der Waals surface area contributed by atoms with Crippen molar-refractivity contribution >= 4 is 25.5 Å². The minimum Gasteiger partial charge on any atom is -0.372 e. The van der Waals surface area contributed by atoms with E-state index in [0.717, 1.165) is 22.7 Å².